The highest BCUT2D eigenvalue weighted by Gasteiger charge is 2.53. The number of aliphatic hydroxyl groups is 1. The van der Waals surface area contributed by atoms with Gasteiger partial charge in [0, 0.05) is 9.92 Å². The number of fused-ring (bicyclic) bond motifs is 2. The zero-order valence-corrected chi connectivity index (χ0v) is 17.9. The van der Waals surface area contributed by atoms with Crippen molar-refractivity contribution in [1.29, 1.82) is 0 Å². The number of H-pyrrole nitrogens is 1. The number of aliphatic hydroxyl groups excluding tert-OH is 1. The molecule has 0 bridgehead atoms. The average Bonchev–Trinajstić information content (AvgIpc) is 3.20. The molecule has 0 aliphatic carbocycles. The van der Waals surface area contributed by atoms with E-state index < -0.39 is 37.9 Å². The largest absolute Gasteiger partial charge is 0.472 e. The van der Waals surface area contributed by atoms with Crippen molar-refractivity contribution in [3.8, 4) is 0 Å². The van der Waals surface area contributed by atoms with Crippen molar-refractivity contribution in [3.63, 3.8) is 0 Å². The van der Waals surface area contributed by atoms with Crippen molar-refractivity contribution in [2.75, 3.05) is 12.3 Å². The summed E-state index contributed by atoms with van der Waals surface area (Å²) < 4.78 is 28.9. The highest BCUT2D eigenvalue weighted by atomic mass is 35.5. The maximum atomic E-state index is 12.4. The Hall–Kier alpha value is -1.96. The predicted octanol–water partition coefficient (Wildman–Crippen LogP) is 1.28. The molecule has 0 amide bonds. The third-order valence-electron chi connectivity index (χ3n) is 4.78. The van der Waals surface area contributed by atoms with Gasteiger partial charge < -0.3 is 20.5 Å². The molecule has 5 rings (SSSR count). The van der Waals surface area contributed by atoms with E-state index in [1.165, 1.54) is 16.3 Å². The van der Waals surface area contributed by atoms with E-state index in [0.29, 0.717) is 5.02 Å². The molecular formula is C16H15ClN5O7PS. The topological polar surface area (TPSA) is 175 Å². The molecule has 2 saturated heterocycles. The molecule has 1 unspecified atom stereocenters. The molecule has 2 aliphatic rings. The number of halogens is 1. The molecule has 3 aromatic rings. The number of imidazole rings is 1. The Morgan fingerprint density at radius 2 is 2.06 bits per heavy atom. The van der Waals surface area contributed by atoms with Crippen molar-refractivity contribution >= 4 is 48.3 Å². The number of phosphoric ester groups is 1. The van der Waals surface area contributed by atoms with E-state index in [0.717, 1.165) is 4.90 Å². The van der Waals surface area contributed by atoms with Gasteiger partial charge in [0.15, 0.2) is 22.5 Å². The number of hydrogen-bond donors (Lipinski definition) is 4. The summed E-state index contributed by atoms with van der Waals surface area (Å²) in [5.74, 6) is -0.147. The molecule has 0 radical (unpaired) electrons. The van der Waals surface area contributed by atoms with Crippen LogP contribution >= 0.6 is 31.2 Å². The fraction of sp³-hybridized carbons (Fsp3) is 0.312. The van der Waals surface area contributed by atoms with Gasteiger partial charge in [-0.25, -0.2) is 9.55 Å². The van der Waals surface area contributed by atoms with Gasteiger partial charge in [-0.1, -0.05) is 23.4 Å². The number of aromatic amines is 1. The van der Waals surface area contributed by atoms with Crippen LogP contribution in [0.15, 0.2) is 39.1 Å². The normalized spacial score (nSPS) is 30.5. The summed E-state index contributed by atoms with van der Waals surface area (Å²) >= 11 is 7.12. The smallest absolute Gasteiger partial charge is 0.386 e. The van der Waals surface area contributed by atoms with Crippen LogP contribution in [0.2, 0.25) is 5.02 Å². The minimum Gasteiger partial charge on any atom is -0.386 e. The Morgan fingerprint density at radius 3 is 2.81 bits per heavy atom. The van der Waals surface area contributed by atoms with E-state index >= 15 is 0 Å². The summed E-state index contributed by atoms with van der Waals surface area (Å²) in [4.78, 5) is 33.6. The predicted molar refractivity (Wildman–Crippen MR) is 109 cm³/mol. The van der Waals surface area contributed by atoms with Crippen LogP contribution in [0.3, 0.4) is 0 Å². The number of hydrogen-bond acceptors (Lipinski definition) is 10. The lowest BCUT2D eigenvalue weighted by Crippen LogP contribution is -2.39. The fourth-order valence-electron chi connectivity index (χ4n) is 3.44. The molecule has 1 aromatic carbocycles. The number of benzene rings is 1. The molecule has 2 fully saturated rings. The molecule has 12 nitrogen and oxygen atoms in total. The molecule has 2 aliphatic heterocycles. The maximum absolute atomic E-state index is 12.4. The first-order valence-corrected chi connectivity index (χ1v) is 11.6. The quantitative estimate of drug-likeness (QED) is 0.391. The van der Waals surface area contributed by atoms with E-state index in [1.54, 1.807) is 24.3 Å². The number of nitrogens with zero attached hydrogens (tertiary/aromatic N) is 3. The first-order valence-electron chi connectivity index (χ1n) is 8.92. The van der Waals surface area contributed by atoms with Crippen LogP contribution in [0.4, 0.5) is 5.95 Å². The van der Waals surface area contributed by atoms with Crippen LogP contribution in [0.25, 0.3) is 11.2 Å². The highest BCUT2D eigenvalue weighted by molar-refractivity contribution is 7.99. The zero-order valence-electron chi connectivity index (χ0n) is 15.4. The Bertz CT molecular complexity index is 1270. The van der Waals surface area contributed by atoms with Crippen molar-refractivity contribution in [2.24, 2.45) is 0 Å². The van der Waals surface area contributed by atoms with Crippen LogP contribution in [0.1, 0.15) is 6.23 Å². The van der Waals surface area contributed by atoms with Gasteiger partial charge in [-0.2, -0.15) is 4.98 Å². The van der Waals surface area contributed by atoms with Gasteiger partial charge in [0.25, 0.3) is 5.56 Å². The minimum absolute atomic E-state index is 0.0127. The van der Waals surface area contributed by atoms with Crippen LogP contribution in [0, 0.1) is 0 Å². The van der Waals surface area contributed by atoms with Crippen LogP contribution in [-0.4, -0.2) is 54.4 Å². The minimum atomic E-state index is -4.31. The van der Waals surface area contributed by atoms with E-state index in [9.17, 15) is 19.4 Å². The molecule has 5 atom stereocenters. The van der Waals surface area contributed by atoms with E-state index in [4.69, 9.17) is 31.1 Å². The molecule has 2 aromatic heterocycles. The summed E-state index contributed by atoms with van der Waals surface area (Å²) in [5.41, 5.74) is 5.21. The number of nitrogen functional groups attached to an aromatic ring is 1. The zero-order chi connectivity index (χ0) is 21.9. The summed E-state index contributed by atoms with van der Waals surface area (Å²) in [6.07, 6.45) is -4.46. The second-order valence-electron chi connectivity index (χ2n) is 6.83. The molecule has 0 saturated carbocycles. The van der Waals surface area contributed by atoms with Crippen molar-refractivity contribution in [3.05, 3.63) is 39.6 Å². The molecule has 31 heavy (non-hydrogen) atoms. The molecule has 4 heterocycles. The standard InChI is InChI=1S/C16H15ClN5O7PS/c17-6-1-3-7(4-2-6)31-16-19-9-12(20-15(18)21-13(9)24)22(16)14-10(23)11-8(28-14)5-27-30(25,26)29-11/h1-4,8,10-11,14,23H,5H2,(H,25,26)(H3,18,20,21,24)/t8-,10+,11+,14-/m0/s1. The van der Waals surface area contributed by atoms with Crippen LogP contribution in [0.5, 0.6) is 0 Å². The molecule has 164 valence electrons. The number of rotatable bonds is 3. The van der Waals surface area contributed by atoms with E-state index in [2.05, 4.69) is 15.0 Å². The lowest BCUT2D eigenvalue weighted by molar-refractivity contribution is -0.0684. The van der Waals surface area contributed by atoms with Crippen LogP contribution in [-0.2, 0) is 18.3 Å². The summed E-state index contributed by atoms with van der Waals surface area (Å²) in [6, 6.07) is 6.90. The molecule has 0 spiro atoms. The summed E-state index contributed by atoms with van der Waals surface area (Å²) in [5, 5.41) is 11.7. The van der Waals surface area contributed by atoms with Gasteiger partial charge in [-0.05, 0) is 24.3 Å². The summed E-state index contributed by atoms with van der Waals surface area (Å²) in [6.45, 7) is -0.256. The van der Waals surface area contributed by atoms with Gasteiger partial charge >= 0.3 is 7.82 Å². The first kappa shape index (κ1) is 20.9. The lowest BCUT2D eigenvalue weighted by Gasteiger charge is -2.27. The molecular weight excluding hydrogens is 473 g/mol. The Balaban J connectivity index is 1.62. The van der Waals surface area contributed by atoms with Gasteiger partial charge in [0.2, 0.25) is 5.95 Å². The fourth-order valence-corrected chi connectivity index (χ4v) is 5.44. The Kier molecular flexibility index (Phi) is 5.11. The number of aromatic nitrogens is 4. The van der Waals surface area contributed by atoms with Crippen molar-refractivity contribution in [1.82, 2.24) is 19.5 Å². The van der Waals surface area contributed by atoms with E-state index in [1.807, 2.05) is 0 Å². The first-order chi connectivity index (χ1) is 14.7. The number of anilines is 1. The van der Waals surface area contributed by atoms with E-state index in [-0.39, 0.29) is 28.9 Å². The number of nitrogens with two attached hydrogens (primary N) is 1. The van der Waals surface area contributed by atoms with Gasteiger partial charge in [-0.3, -0.25) is 23.4 Å². The van der Waals surface area contributed by atoms with Gasteiger partial charge in [-0.15, -0.1) is 0 Å². The number of ether oxygens (including phenoxy) is 1. The maximum Gasteiger partial charge on any atom is 0.472 e. The average molecular weight is 488 g/mol. The van der Waals surface area contributed by atoms with Gasteiger partial charge in [0.1, 0.15) is 18.3 Å². The highest BCUT2D eigenvalue weighted by Crippen LogP contribution is 2.53. The van der Waals surface area contributed by atoms with Crippen molar-refractivity contribution in [2.45, 2.75) is 34.6 Å². The second-order valence-corrected chi connectivity index (χ2v) is 9.72. The Labute approximate surface area is 182 Å². The van der Waals surface area contributed by atoms with Crippen LogP contribution < -0.4 is 11.3 Å². The SMILES string of the molecule is Nc1nc2c(nc(Sc3ccc(Cl)cc3)n2[C@H]2O[C@H]3COP(=O)(O)O[C@H]3[C@H]2O)c(=O)[nH]1. The number of phosphoric acid groups is 1. The monoisotopic (exact) mass is 487 g/mol. The Morgan fingerprint density at radius 1 is 1.32 bits per heavy atom. The summed E-state index contributed by atoms with van der Waals surface area (Å²) in [7, 11) is -4.31. The van der Waals surface area contributed by atoms with Crippen molar-refractivity contribution < 1.29 is 28.3 Å². The third-order valence-corrected chi connectivity index (χ3v) is 7.00. The molecule has 5 N–H and O–H groups in total. The third kappa shape index (κ3) is 3.77. The number of nitrogens with one attached hydrogen (secondary N) is 1. The lowest BCUT2D eigenvalue weighted by atomic mass is 10.1. The second kappa shape index (κ2) is 7.57. The molecule has 15 heteroatoms. The van der Waals surface area contributed by atoms with Gasteiger partial charge in [0.05, 0.1) is 6.61 Å².